The number of methoxy groups -OCH3 is 1. The fourth-order valence-corrected chi connectivity index (χ4v) is 2.70. The van der Waals surface area contributed by atoms with Crippen molar-refractivity contribution in [2.45, 2.75) is 27.3 Å². The highest BCUT2D eigenvalue weighted by Crippen LogP contribution is 2.22. The minimum Gasteiger partial charge on any atom is -1.00 e. The second kappa shape index (κ2) is 10.6. The van der Waals surface area contributed by atoms with Gasteiger partial charge >= 0.3 is 6.03 Å². The Hall–Kier alpha value is -2.40. The number of anilines is 2. The summed E-state index contributed by atoms with van der Waals surface area (Å²) in [7, 11) is 1.63. The lowest BCUT2D eigenvalue weighted by Gasteiger charge is -2.22. The SMILES string of the molecule is CCN(CC)c1ccc(NC(=O)NCc2cccc(OC)c2)c(C)c1.[Cl-]. The van der Waals surface area contributed by atoms with Gasteiger partial charge in [0.15, 0.2) is 0 Å². The van der Waals surface area contributed by atoms with Crippen molar-refractivity contribution in [3.63, 3.8) is 0 Å². The largest absolute Gasteiger partial charge is 1.00 e. The number of carbonyl (C=O) groups excluding carboxylic acids is 1. The number of ether oxygens (including phenoxy) is 1. The number of nitrogens with zero attached hydrogens (tertiary/aromatic N) is 1. The highest BCUT2D eigenvalue weighted by atomic mass is 35.5. The molecule has 0 spiro atoms. The van der Waals surface area contributed by atoms with Gasteiger partial charge in [-0.3, -0.25) is 0 Å². The number of halogens is 1. The molecule has 142 valence electrons. The molecule has 0 aliphatic rings. The fourth-order valence-electron chi connectivity index (χ4n) is 2.70. The molecule has 2 aromatic rings. The summed E-state index contributed by atoms with van der Waals surface area (Å²) in [4.78, 5) is 14.4. The summed E-state index contributed by atoms with van der Waals surface area (Å²) in [6.45, 7) is 8.64. The van der Waals surface area contributed by atoms with Crippen LogP contribution in [0.2, 0.25) is 0 Å². The molecular weight excluding hydrogens is 350 g/mol. The first kappa shape index (κ1) is 21.6. The number of urea groups is 1. The van der Waals surface area contributed by atoms with Gasteiger partial charge in [0, 0.05) is 31.0 Å². The van der Waals surface area contributed by atoms with Gasteiger partial charge in [-0.1, -0.05) is 12.1 Å². The van der Waals surface area contributed by atoms with Crippen molar-refractivity contribution in [1.29, 1.82) is 0 Å². The summed E-state index contributed by atoms with van der Waals surface area (Å²) in [6, 6.07) is 13.5. The zero-order chi connectivity index (χ0) is 18.2. The van der Waals surface area contributed by atoms with Gasteiger partial charge in [0.05, 0.1) is 7.11 Å². The number of rotatable bonds is 7. The Morgan fingerprint density at radius 2 is 1.85 bits per heavy atom. The molecule has 26 heavy (non-hydrogen) atoms. The maximum absolute atomic E-state index is 12.2. The molecule has 0 unspecified atom stereocenters. The zero-order valence-corrected chi connectivity index (χ0v) is 16.6. The molecule has 5 nitrogen and oxygen atoms in total. The van der Waals surface area contributed by atoms with Gasteiger partial charge in [-0.15, -0.1) is 0 Å². The Morgan fingerprint density at radius 3 is 2.46 bits per heavy atom. The maximum Gasteiger partial charge on any atom is 0.319 e. The van der Waals surface area contributed by atoms with Crippen molar-refractivity contribution in [3.05, 3.63) is 53.6 Å². The molecule has 2 N–H and O–H groups in total. The Labute approximate surface area is 162 Å². The predicted molar refractivity (Wildman–Crippen MR) is 104 cm³/mol. The van der Waals surface area contributed by atoms with E-state index in [0.717, 1.165) is 35.7 Å². The van der Waals surface area contributed by atoms with Crippen molar-refractivity contribution >= 4 is 17.4 Å². The first-order valence-electron chi connectivity index (χ1n) is 8.60. The molecule has 0 aromatic heterocycles. The van der Waals surface area contributed by atoms with Crippen LogP contribution in [-0.2, 0) is 6.54 Å². The smallest absolute Gasteiger partial charge is 0.319 e. The molecule has 0 atom stereocenters. The monoisotopic (exact) mass is 376 g/mol. The summed E-state index contributed by atoms with van der Waals surface area (Å²) >= 11 is 0. The number of aryl methyl sites for hydroxylation is 1. The van der Waals surface area contributed by atoms with Gasteiger partial charge in [-0.05, 0) is 62.2 Å². The van der Waals surface area contributed by atoms with Gasteiger partial charge < -0.3 is 32.7 Å². The molecule has 0 bridgehead atoms. The summed E-state index contributed by atoms with van der Waals surface area (Å²) in [6.07, 6.45) is 0. The highest BCUT2D eigenvalue weighted by Gasteiger charge is 2.08. The van der Waals surface area contributed by atoms with Crippen molar-refractivity contribution in [1.82, 2.24) is 5.32 Å². The lowest BCUT2D eigenvalue weighted by Crippen LogP contribution is -3.00. The van der Waals surface area contributed by atoms with E-state index in [9.17, 15) is 4.79 Å². The molecule has 2 amide bonds. The molecular formula is C20H27ClN3O2-. The number of hydrogen-bond acceptors (Lipinski definition) is 3. The Bertz CT molecular complexity index is 718. The molecule has 0 saturated heterocycles. The van der Waals surface area contributed by atoms with Crippen LogP contribution < -0.4 is 32.7 Å². The van der Waals surface area contributed by atoms with Gasteiger partial charge in [0.25, 0.3) is 0 Å². The molecule has 0 aliphatic heterocycles. The van der Waals surface area contributed by atoms with Crippen LogP contribution in [-0.4, -0.2) is 26.2 Å². The molecule has 0 heterocycles. The average Bonchev–Trinajstić information content (AvgIpc) is 2.63. The van der Waals surface area contributed by atoms with E-state index < -0.39 is 0 Å². The second-order valence-electron chi connectivity index (χ2n) is 5.83. The zero-order valence-electron chi connectivity index (χ0n) is 15.8. The van der Waals surface area contributed by atoms with Gasteiger partial charge in [-0.25, -0.2) is 4.79 Å². The summed E-state index contributed by atoms with van der Waals surface area (Å²) in [5, 5.41) is 5.78. The normalized spacial score (nSPS) is 9.85. The van der Waals surface area contributed by atoms with Crippen LogP contribution in [0.25, 0.3) is 0 Å². The van der Waals surface area contributed by atoms with Crippen LogP contribution >= 0.6 is 0 Å². The quantitative estimate of drug-likeness (QED) is 0.763. The van der Waals surface area contributed by atoms with Crippen LogP contribution in [0, 0.1) is 6.92 Å². The average molecular weight is 377 g/mol. The van der Waals surface area contributed by atoms with Crippen LogP contribution in [0.15, 0.2) is 42.5 Å². The van der Waals surface area contributed by atoms with Gasteiger partial charge in [0.1, 0.15) is 5.75 Å². The number of hydrogen-bond donors (Lipinski definition) is 2. The van der Waals surface area contributed by atoms with Crippen molar-refractivity contribution in [3.8, 4) is 5.75 Å². The Balaban J connectivity index is 0.00000338. The van der Waals surface area contributed by atoms with Crippen molar-refractivity contribution in [2.24, 2.45) is 0 Å². The number of carbonyl (C=O) groups is 1. The van der Waals surface area contributed by atoms with Crippen molar-refractivity contribution < 1.29 is 21.9 Å². The highest BCUT2D eigenvalue weighted by molar-refractivity contribution is 5.90. The van der Waals surface area contributed by atoms with Crippen molar-refractivity contribution in [2.75, 3.05) is 30.4 Å². The van der Waals surface area contributed by atoms with E-state index >= 15 is 0 Å². The first-order valence-corrected chi connectivity index (χ1v) is 8.60. The third-order valence-corrected chi connectivity index (χ3v) is 4.17. The van der Waals surface area contributed by atoms with Crippen LogP contribution in [0.1, 0.15) is 25.0 Å². The summed E-state index contributed by atoms with van der Waals surface area (Å²) in [5.41, 5.74) is 4.02. The number of benzene rings is 2. The number of amides is 2. The van der Waals surface area contributed by atoms with E-state index in [0.29, 0.717) is 6.54 Å². The topological polar surface area (TPSA) is 53.6 Å². The van der Waals surface area contributed by atoms with Crippen LogP contribution in [0.3, 0.4) is 0 Å². The first-order chi connectivity index (χ1) is 12.1. The second-order valence-corrected chi connectivity index (χ2v) is 5.83. The van der Waals surface area contributed by atoms with Gasteiger partial charge in [0.2, 0.25) is 0 Å². The molecule has 6 heteroatoms. The lowest BCUT2D eigenvalue weighted by atomic mass is 10.1. The summed E-state index contributed by atoms with van der Waals surface area (Å²) < 4.78 is 5.19. The van der Waals surface area contributed by atoms with Crippen LogP contribution in [0.5, 0.6) is 5.75 Å². The molecule has 0 aliphatic carbocycles. The van der Waals surface area contributed by atoms with Gasteiger partial charge in [-0.2, -0.15) is 0 Å². The third kappa shape index (κ3) is 5.85. The minimum absolute atomic E-state index is 0. The van der Waals surface area contributed by atoms with E-state index in [1.54, 1.807) is 7.11 Å². The molecule has 2 rings (SSSR count). The van der Waals surface area contributed by atoms with E-state index in [1.165, 1.54) is 5.69 Å². The predicted octanol–water partition coefficient (Wildman–Crippen LogP) is 1.18. The molecule has 0 radical (unpaired) electrons. The standard InChI is InChI=1S/C20H27N3O2.ClH/c1-5-23(6-2)17-10-11-19(15(3)12-17)22-20(24)21-14-16-8-7-9-18(13-16)25-4;/h7-13H,5-6,14H2,1-4H3,(H2,21,22,24);1H/p-1. The fraction of sp³-hybridized carbons (Fsp3) is 0.350. The Morgan fingerprint density at radius 1 is 1.12 bits per heavy atom. The van der Waals surface area contributed by atoms with Crippen LogP contribution in [0.4, 0.5) is 16.2 Å². The third-order valence-electron chi connectivity index (χ3n) is 4.17. The number of nitrogens with one attached hydrogen (secondary N) is 2. The lowest BCUT2D eigenvalue weighted by molar-refractivity contribution is -0.00000865. The molecule has 0 fully saturated rings. The maximum atomic E-state index is 12.2. The Kier molecular flexibility index (Phi) is 8.79. The molecule has 2 aromatic carbocycles. The molecule has 0 saturated carbocycles. The van der Waals surface area contributed by atoms with E-state index in [-0.39, 0.29) is 18.4 Å². The van der Waals surface area contributed by atoms with E-state index in [4.69, 9.17) is 4.74 Å². The minimum atomic E-state index is -0.221. The van der Waals surface area contributed by atoms with E-state index in [2.05, 4.69) is 35.4 Å². The summed E-state index contributed by atoms with van der Waals surface area (Å²) in [5.74, 6) is 0.780. The van der Waals surface area contributed by atoms with E-state index in [1.807, 2.05) is 43.3 Å².